The number of nitrogens with one attached hydrogen (secondary N) is 2. The molecular formula is C23H22N5O+. The molecule has 5 N–H and O–H groups in total. The first-order chi connectivity index (χ1) is 14.3. The van der Waals surface area contributed by atoms with Crippen molar-refractivity contribution in [1.82, 2.24) is 20.2 Å². The SMILES string of the molecule is [NH3+][C@H](COc1cncc(-c2ccc3[nH]ncc3c2)c1)Cc1c[nH]c2ccccc12. The van der Waals surface area contributed by atoms with E-state index in [-0.39, 0.29) is 6.04 Å². The van der Waals surface area contributed by atoms with Gasteiger partial charge in [0.2, 0.25) is 0 Å². The summed E-state index contributed by atoms with van der Waals surface area (Å²) in [5, 5.41) is 9.37. The van der Waals surface area contributed by atoms with Crippen LogP contribution in [0, 0.1) is 0 Å². The molecule has 144 valence electrons. The second-order valence-electron chi connectivity index (χ2n) is 7.32. The molecule has 6 heteroatoms. The average molecular weight is 384 g/mol. The molecule has 3 aromatic heterocycles. The number of benzene rings is 2. The molecule has 0 aliphatic heterocycles. The first kappa shape index (κ1) is 17.5. The van der Waals surface area contributed by atoms with E-state index in [2.05, 4.69) is 62.4 Å². The lowest BCUT2D eigenvalue weighted by atomic mass is 10.1. The Hall–Kier alpha value is -3.64. The highest BCUT2D eigenvalue weighted by Crippen LogP contribution is 2.26. The molecule has 0 saturated carbocycles. The van der Waals surface area contributed by atoms with Crippen LogP contribution in [0.5, 0.6) is 5.75 Å². The van der Waals surface area contributed by atoms with Gasteiger partial charge in [0.15, 0.2) is 0 Å². The van der Waals surface area contributed by atoms with E-state index < -0.39 is 0 Å². The molecule has 0 bridgehead atoms. The summed E-state index contributed by atoms with van der Waals surface area (Å²) < 4.78 is 6.01. The number of fused-ring (bicyclic) bond motifs is 2. The Morgan fingerprint density at radius 3 is 2.86 bits per heavy atom. The highest BCUT2D eigenvalue weighted by molar-refractivity contribution is 5.84. The monoisotopic (exact) mass is 384 g/mol. The maximum absolute atomic E-state index is 6.01. The van der Waals surface area contributed by atoms with Crippen molar-refractivity contribution < 1.29 is 10.5 Å². The van der Waals surface area contributed by atoms with Crippen LogP contribution in [0.15, 0.2) is 73.3 Å². The normalized spacial score (nSPS) is 12.4. The Labute approximate surface area is 167 Å². The second kappa shape index (κ2) is 7.41. The van der Waals surface area contributed by atoms with Crippen LogP contribution in [-0.4, -0.2) is 32.8 Å². The molecule has 0 aliphatic carbocycles. The number of ether oxygens (including phenoxy) is 1. The van der Waals surface area contributed by atoms with Gasteiger partial charge in [-0.2, -0.15) is 5.10 Å². The Balaban J connectivity index is 1.27. The molecule has 5 aromatic rings. The standard InChI is InChI=1S/C23H21N5O/c24-19(8-17-11-26-23-4-2-1-3-21(17)23)14-29-20-9-16(10-25-13-20)15-5-6-22-18(7-15)12-27-28-22/h1-7,9-13,19,26H,8,14,24H2,(H,27,28)/p+1/t19-/m0/s1. The zero-order valence-corrected chi connectivity index (χ0v) is 15.9. The Morgan fingerprint density at radius 2 is 1.90 bits per heavy atom. The molecule has 29 heavy (non-hydrogen) atoms. The van der Waals surface area contributed by atoms with Gasteiger partial charge in [0.1, 0.15) is 18.4 Å². The largest absolute Gasteiger partial charge is 0.486 e. The van der Waals surface area contributed by atoms with E-state index in [1.807, 2.05) is 30.6 Å². The lowest BCUT2D eigenvalue weighted by Gasteiger charge is -2.11. The van der Waals surface area contributed by atoms with Gasteiger partial charge in [-0.15, -0.1) is 0 Å². The van der Waals surface area contributed by atoms with Crippen molar-refractivity contribution in [1.29, 1.82) is 0 Å². The lowest BCUT2D eigenvalue weighted by Crippen LogP contribution is -2.64. The van der Waals surface area contributed by atoms with Crippen LogP contribution in [0.3, 0.4) is 0 Å². The summed E-state index contributed by atoms with van der Waals surface area (Å²) in [6.45, 7) is 0.533. The highest BCUT2D eigenvalue weighted by Gasteiger charge is 2.13. The summed E-state index contributed by atoms with van der Waals surface area (Å²) >= 11 is 0. The van der Waals surface area contributed by atoms with Crippen molar-refractivity contribution in [2.24, 2.45) is 0 Å². The zero-order chi connectivity index (χ0) is 19.6. The molecule has 0 saturated heterocycles. The third-order valence-corrected chi connectivity index (χ3v) is 5.16. The maximum atomic E-state index is 6.01. The van der Waals surface area contributed by atoms with E-state index in [0.717, 1.165) is 39.7 Å². The van der Waals surface area contributed by atoms with Crippen molar-refractivity contribution in [2.45, 2.75) is 12.5 Å². The van der Waals surface area contributed by atoms with Crippen LogP contribution in [-0.2, 0) is 6.42 Å². The molecule has 0 unspecified atom stereocenters. The van der Waals surface area contributed by atoms with Gasteiger partial charge in [-0.1, -0.05) is 24.3 Å². The van der Waals surface area contributed by atoms with E-state index >= 15 is 0 Å². The average Bonchev–Trinajstić information content (AvgIpc) is 3.39. The first-order valence-electron chi connectivity index (χ1n) is 9.66. The zero-order valence-electron chi connectivity index (χ0n) is 15.9. The predicted molar refractivity (Wildman–Crippen MR) is 113 cm³/mol. The Kier molecular flexibility index (Phi) is 4.46. The number of H-pyrrole nitrogens is 2. The van der Waals surface area contributed by atoms with Crippen LogP contribution < -0.4 is 10.5 Å². The van der Waals surface area contributed by atoms with Crippen molar-refractivity contribution in [2.75, 3.05) is 6.61 Å². The fraction of sp³-hybridized carbons (Fsp3) is 0.130. The fourth-order valence-electron chi connectivity index (χ4n) is 3.66. The molecule has 0 aliphatic rings. The van der Waals surface area contributed by atoms with Gasteiger partial charge in [-0.3, -0.25) is 10.1 Å². The van der Waals surface area contributed by atoms with Crippen molar-refractivity contribution in [3.05, 3.63) is 78.9 Å². The van der Waals surface area contributed by atoms with Crippen LogP contribution in [0.1, 0.15) is 5.56 Å². The van der Waals surface area contributed by atoms with Crippen LogP contribution in [0.25, 0.3) is 32.9 Å². The van der Waals surface area contributed by atoms with Crippen LogP contribution >= 0.6 is 0 Å². The number of rotatable bonds is 6. The number of pyridine rings is 1. The summed E-state index contributed by atoms with van der Waals surface area (Å²) in [5.74, 6) is 0.752. The molecule has 3 heterocycles. The number of aromatic nitrogens is 4. The third kappa shape index (κ3) is 3.58. The van der Waals surface area contributed by atoms with Crippen LogP contribution in [0.4, 0.5) is 0 Å². The van der Waals surface area contributed by atoms with Gasteiger partial charge in [-0.05, 0) is 35.4 Å². The number of nitrogens with zero attached hydrogens (tertiary/aromatic N) is 2. The van der Waals surface area contributed by atoms with Gasteiger partial charge in [0.25, 0.3) is 0 Å². The van der Waals surface area contributed by atoms with Gasteiger partial charge in [-0.25, -0.2) is 0 Å². The number of quaternary nitrogens is 1. The summed E-state index contributed by atoms with van der Waals surface area (Å²) in [6, 6.07) is 16.7. The molecule has 0 spiro atoms. The number of para-hydroxylation sites is 1. The summed E-state index contributed by atoms with van der Waals surface area (Å²) in [6.07, 6.45) is 8.34. The highest BCUT2D eigenvalue weighted by atomic mass is 16.5. The Morgan fingerprint density at radius 1 is 0.966 bits per heavy atom. The first-order valence-corrected chi connectivity index (χ1v) is 9.66. The van der Waals surface area contributed by atoms with E-state index in [9.17, 15) is 0 Å². The van der Waals surface area contributed by atoms with E-state index in [4.69, 9.17) is 4.74 Å². The lowest BCUT2D eigenvalue weighted by molar-refractivity contribution is -0.423. The Bertz CT molecular complexity index is 1270. The number of hydrogen-bond acceptors (Lipinski definition) is 3. The minimum atomic E-state index is 0.139. The van der Waals surface area contributed by atoms with Crippen molar-refractivity contribution in [3.63, 3.8) is 0 Å². The summed E-state index contributed by atoms with van der Waals surface area (Å²) in [4.78, 5) is 7.67. The molecule has 6 nitrogen and oxygen atoms in total. The molecule has 2 aromatic carbocycles. The fourth-order valence-corrected chi connectivity index (χ4v) is 3.66. The van der Waals surface area contributed by atoms with E-state index in [1.54, 1.807) is 6.20 Å². The third-order valence-electron chi connectivity index (χ3n) is 5.16. The predicted octanol–water partition coefficient (Wildman–Crippen LogP) is 3.34. The quantitative estimate of drug-likeness (QED) is 0.419. The summed E-state index contributed by atoms with van der Waals surface area (Å²) in [5.41, 5.74) is 9.82. The van der Waals surface area contributed by atoms with Gasteiger partial charge < -0.3 is 15.5 Å². The van der Waals surface area contributed by atoms with Crippen LogP contribution in [0.2, 0.25) is 0 Å². The van der Waals surface area contributed by atoms with E-state index in [1.165, 1.54) is 10.9 Å². The second-order valence-corrected chi connectivity index (χ2v) is 7.32. The summed E-state index contributed by atoms with van der Waals surface area (Å²) in [7, 11) is 0. The molecule has 0 fully saturated rings. The maximum Gasteiger partial charge on any atom is 0.140 e. The van der Waals surface area contributed by atoms with E-state index in [0.29, 0.717) is 6.61 Å². The molecule has 5 rings (SSSR count). The molecule has 0 amide bonds. The topological polar surface area (TPSA) is 94.2 Å². The smallest absolute Gasteiger partial charge is 0.140 e. The molecule has 1 atom stereocenters. The van der Waals surface area contributed by atoms with Crippen molar-refractivity contribution >= 4 is 21.8 Å². The number of hydrogen-bond donors (Lipinski definition) is 3. The minimum Gasteiger partial charge on any atom is -0.486 e. The minimum absolute atomic E-state index is 0.139. The molecular weight excluding hydrogens is 362 g/mol. The van der Waals surface area contributed by atoms with Gasteiger partial charge in [0, 0.05) is 40.7 Å². The van der Waals surface area contributed by atoms with Crippen molar-refractivity contribution in [3.8, 4) is 16.9 Å². The number of aromatic amines is 2. The van der Waals surface area contributed by atoms with Gasteiger partial charge in [0.05, 0.1) is 17.9 Å². The van der Waals surface area contributed by atoms with Gasteiger partial charge >= 0.3 is 0 Å². The molecule has 0 radical (unpaired) electrons.